The van der Waals surface area contributed by atoms with E-state index in [-0.39, 0.29) is 5.12 Å². The number of benzene rings is 1. The molecule has 0 N–H and O–H groups in total. The van der Waals surface area contributed by atoms with E-state index in [4.69, 9.17) is 7.81 Å². The zero-order valence-electron chi connectivity index (χ0n) is 21.3. The van der Waals surface area contributed by atoms with E-state index in [1.165, 1.54) is 15.0 Å². The number of carbonyl (C=O) groups excluding carboxylic acids is 3. The summed E-state index contributed by atoms with van der Waals surface area (Å²) in [4.78, 5) is 37.9. The molecule has 1 rings (SSSR count). The number of unbranched alkanes of at least 4 members (excludes halogenated alkanes) is 3. The molecule has 1 aromatic rings. The first-order valence-corrected chi connectivity index (χ1v) is 22.3. The van der Waals surface area contributed by atoms with Gasteiger partial charge in [0.25, 0.3) is 0 Å². The van der Waals surface area contributed by atoms with E-state index in [1.54, 1.807) is 12.1 Å². The van der Waals surface area contributed by atoms with Gasteiger partial charge < -0.3 is 0 Å². The van der Waals surface area contributed by atoms with Gasteiger partial charge in [0.2, 0.25) is 0 Å². The average Bonchev–Trinajstić information content (AvgIpc) is 2.85. The number of carbonyl (C=O) groups is 3. The molecule has 7 heteroatoms. The summed E-state index contributed by atoms with van der Waals surface area (Å²) >= 11 is -3.68. The average molecular weight is 597 g/mol. The van der Waals surface area contributed by atoms with Crippen LogP contribution in [0.15, 0.2) is 42.5 Å². The van der Waals surface area contributed by atoms with Crippen LogP contribution in [-0.4, -0.2) is 41.1 Å². The molecule has 1 atom stereocenters. The van der Waals surface area contributed by atoms with Gasteiger partial charge in [0.1, 0.15) is 0 Å². The van der Waals surface area contributed by atoms with Crippen LogP contribution in [0, 0.1) is 5.92 Å². The number of ether oxygens (including phenoxy) is 1. The van der Waals surface area contributed by atoms with Crippen molar-refractivity contribution in [2.45, 2.75) is 87.9 Å². The number of hydrogen-bond acceptors (Lipinski definition) is 6. The Labute approximate surface area is 213 Å². The van der Waals surface area contributed by atoms with Gasteiger partial charge >= 0.3 is 214 Å². The summed E-state index contributed by atoms with van der Waals surface area (Å²) in [5, 5.41) is -0.0301. The van der Waals surface area contributed by atoms with Crippen molar-refractivity contribution < 1.29 is 22.2 Å². The maximum absolute atomic E-state index is 13.0. The fraction of sp³-hybridized carbons (Fsp3) is 0.593. The van der Waals surface area contributed by atoms with Crippen molar-refractivity contribution >= 4 is 43.4 Å². The van der Waals surface area contributed by atoms with Crippen LogP contribution in [0.2, 0.25) is 8.87 Å². The van der Waals surface area contributed by atoms with Crippen LogP contribution in [0.1, 0.15) is 89.4 Å². The molecule has 0 aliphatic heterocycles. The second-order valence-corrected chi connectivity index (χ2v) is 24.6. The Hall–Kier alpha value is -1.28. The van der Waals surface area contributed by atoms with Crippen LogP contribution in [0.4, 0.5) is 0 Å². The molecule has 0 radical (unpaired) electrons. The van der Waals surface area contributed by atoms with Crippen molar-refractivity contribution in [3.8, 4) is 0 Å². The molecule has 0 amide bonds. The molecule has 0 saturated heterocycles. The van der Waals surface area contributed by atoms with Crippen LogP contribution in [0.3, 0.4) is 0 Å². The zero-order valence-corrected chi connectivity index (χ0v) is 25.0. The molecule has 0 saturated carbocycles. The summed E-state index contributed by atoms with van der Waals surface area (Å²) in [6.45, 7) is 8.80. The van der Waals surface area contributed by atoms with Crippen LogP contribution >= 0.6 is 8.95 Å². The predicted octanol–water partition coefficient (Wildman–Crippen LogP) is 7.46. The number of esters is 1. The first kappa shape index (κ1) is 30.7. The van der Waals surface area contributed by atoms with Crippen LogP contribution < -0.4 is 0 Å². The van der Waals surface area contributed by atoms with Crippen LogP contribution in [-0.2, 0) is 17.4 Å². The van der Waals surface area contributed by atoms with E-state index in [2.05, 4.69) is 27.7 Å². The minimum absolute atomic E-state index is 0.0301. The first-order valence-electron chi connectivity index (χ1n) is 12.8. The Kier molecular flexibility index (Phi) is 16.3. The van der Waals surface area contributed by atoms with Crippen molar-refractivity contribution in [1.82, 2.24) is 0 Å². The third-order valence-corrected chi connectivity index (χ3v) is 22.6. The molecular formula is C27H42O5SSn. The summed E-state index contributed by atoms with van der Waals surface area (Å²) in [6.07, 6.45) is 10.3. The summed E-state index contributed by atoms with van der Waals surface area (Å²) in [7, 11) is 1.29. The van der Waals surface area contributed by atoms with Crippen molar-refractivity contribution in [3.05, 3.63) is 48.0 Å². The molecule has 0 aliphatic rings. The molecule has 0 aromatic heterocycles. The Morgan fingerprint density at radius 3 is 2.03 bits per heavy atom. The molecule has 0 fully saturated rings. The van der Waals surface area contributed by atoms with Gasteiger partial charge in [-0.15, -0.1) is 0 Å². The van der Waals surface area contributed by atoms with E-state index in [1.807, 2.05) is 18.2 Å². The minimum atomic E-state index is -3.68. The van der Waals surface area contributed by atoms with Gasteiger partial charge in [0.15, 0.2) is 0 Å². The van der Waals surface area contributed by atoms with Crippen LogP contribution in [0.25, 0.3) is 0 Å². The van der Waals surface area contributed by atoms with Gasteiger partial charge in [-0.2, -0.15) is 0 Å². The zero-order chi connectivity index (χ0) is 25.2. The molecule has 190 valence electrons. The standard InChI is InChI=1S/C12H20O4.C7H6OS.2C4H9.Sn/c1-3-5-6-10(4-2)9-16-12(15)8-7-11(13)14;8-7(9)6-4-2-1-3-5-6;2*1-3-4-2;/h7-8,10H,3-6,9H2,1-2H3,(H,13,14);1-5H,(H,8,9);2*1,3-4H2,2H3;/q;;;;+2/p-2. The summed E-state index contributed by atoms with van der Waals surface area (Å²) < 4.78 is 13.0. The van der Waals surface area contributed by atoms with Crippen molar-refractivity contribution in [1.29, 1.82) is 0 Å². The maximum atomic E-state index is 13.0. The molecular weight excluding hydrogens is 555 g/mol. The molecule has 0 aliphatic carbocycles. The summed E-state index contributed by atoms with van der Waals surface area (Å²) in [5.41, 5.74) is 0.630. The molecule has 0 heterocycles. The Balaban J connectivity index is 2.86. The van der Waals surface area contributed by atoms with Crippen LogP contribution in [0.5, 0.6) is 0 Å². The predicted molar refractivity (Wildman–Crippen MR) is 143 cm³/mol. The fourth-order valence-corrected chi connectivity index (χ4v) is 20.5. The van der Waals surface area contributed by atoms with Crippen molar-refractivity contribution in [2.75, 3.05) is 6.61 Å². The van der Waals surface area contributed by atoms with Gasteiger partial charge in [-0.3, -0.25) is 0 Å². The molecule has 1 unspecified atom stereocenters. The third-order valence-electron chi connectivity index (χ3n) is 5.76. The summed E-state index contributed by atoms with van der Waals surface area (Å²) in [5.74, 6) is -0.717. The van der Waals surface area contributed by atoms with Gasteiger partial charge in [-0.25, -0.2) is 0 Å². The summed E-state index contributed by atoms with van der Waals surface area (Å²) in [6, 6.07) is 9.16. The van der Waals surface area contributed by atoms with E-state index in [0.717, 1.165) is 66.3 Å². The second kappa shape index (κ2) is 18.1. The number of hydrogen-bond donors (Lipinski definition) is 0. The van der Waals surface area contributed by atoms with E-state index >= 15 is 0 Å². The van der Waals surface area contributed by atoms with Gasteiger partial charge in [0, 0.05) is 0 Å². The Bertz CT molecular complexity index is 758. The van der Waals surface area contributed by atoms with E-state index in [9.17, 15) is 14.4 Å². The van der Waals surface area contributed by atoms with Crippen molar-refractivity contribution in [2.24, 2.45) is 5.92 Å². The van der Waals surface area contributed by atoms with E-state index < -0.39 is 29.3 Å². The van der Waals surface area contributed by atoms with Gasteiger partial charge in [0.05, 0.1) is 0 Å². The quantitative estimate of drug-likeness (QED) is 0.106. The first-order chi connectivity index (χ1) is 16.4. The van der Waals surface area contributed by atoms with Crippen molar-refractivity contribution in [3.63, 3.8) is 0 Å². The fourth-order valence-electron chi connectivity index (χ4n) is 3.54. The molecule has 34 heavy (non-hydrogen) atoms. The number of rotatable bonds is 17. The van der Waals surface area contributed by atoms with E-state index in [0.29, 0.717) is 18.1 Å². The van der Waals surface area contributed by atoms with Gasteiger partial charge in [-0.05, 0) is 0 Å². The molecule has 0 spiro atoms. The second-order valence-electron chi connectivity index (χ2n) is 8.67. The SMILES string of the molecule is CCCCC(CC)COC(=O)C=CC(=O)[O][Sn]([CH2]CCC)([CH2]CCC)[S]C(=O)c1ccccc1. The molecule has 0 bridgehead atoms. The van der Waals surface area contributed by atoms with Gasteiger partial charge in [-0.1, -0.05) is 0 Å². The normalized spacial score (nSPS) is 12.5. The molecule has 5 nitrogen and oxygen atoms in total. The topological polar surface area (TPSA) is 69.7 Å². The Morgan fingerprint density at radius 2 is 1.47 bits per heavy atom. The third kappa shape index (κ3) is 12.4. The molecule has 1 aromatic carbocycles. The monoisotopic (exact) mass is 598 g/mol. The Morgan fingerprint density at radius 1 is 0.882 bits per heavy atom.